The molecule has 1 aromatic carbocycles. The van der Waals surface area contributed by atoms with Gasteiger partial charge in [-0.3, -0.25) is 4.79 Å². The van der Waals surface area contributed by atoms with Gasteiger partial charge >= 0.3 is 7.12 Å². The number of methoxy groups -OCH3 is 1. The molecule has 0 bridgehead atoms. The van der Waals surface area contributed by atoms with Gasteiger partial charge in [0.05, 0.1) is 20.3 Å². The molecule has 0 radical (unpaired) electrons. The molecule has 1 aliphatic heterocycles. The fourth-order valence-electron chi connectivity index (χ4n) is 1.55. The highest BCUT2D eigenvalue weighted by molar-refractivity contribution is 6.62. The number of hydrogen-bond donors (Lipinski definition) is 0. The van der Waals surface area contributed by atoms with E-state index in [1.165, 1.54) is 0 Å². The molecule has 4 nitrogen and oxygen atoms in total. The van der Waals surface area contributed by atoms with E-state index in [-0.39, 0.29) is 0 Å². The van der Waals surface area contributed by atoms with Crippen LogP contribution in [0.2, 0.25) is 0 Å². The van der Waals surface area contributed by atoms with Crippen molar-refractivity contribution >= 4 is 18.9 Å². The van der Waals surface area contributed by atoms with Gasteiger partial charge in [0.25, 0.3) is 0 Å². The number of hydrogen-bond acceptors (Lipinski definition) is 4. The molecule has 0 atom stereocenters. The molecule has 2 rings (SSSR count). The van der Waals surface area contributed by atoms with Crippen LogP contribution in [0.25, 0.3) is 0 Å². The molecule has 1 aromatic rings. The second kappa shape index (κ2) is 4.46. The van der Waals surface area contributed by atoms with Crippen LogP contribution in [-0.2, 0) is 9.31 Å². The quantitative estimate of drug-likeness (QED) is 0.525. The number of rotatable bonds is 3. The Morgan fingerprint density at radius 1 is 1.40 bits per heavy atom. The molecule has 0 aromatic heterocycles. The van der Waals surface area contributed by atoms with Gasteiger partial charge < -0.3 is 14.0 Å². The van der Waals surface area contributed by atoms with Gasteiger partial charge in [0.1, 0.15) is 12.0 Å². The van der Waals surface area contributed by atoms with Crippen LogP contribution < -0.4 is 10.2 Å². The normalized spacial score (nSPS) is 15.4. The zero-order chi connectivity index (χ0) is 10.7. The summed E-state index contributed by atoms with van der Waals surface area (Å²) in [5, 5.41) is 0. The van der Waals surface area contributed by atoms with Gasteiger partial charge in [0.15, 0.2) is 0 Å². The minimum Gasteiger partial charge on any atom is -0.497 e. The lowest BCUT2D eigenvalue weighted by Gasteiger charge is -2.10. The van der Waals surface area contributed by atoms with Gasteiger partial charge in [-0.2, -0.15) is 0 Å². The summed E-state index contributed by atoms with van der Waals surface area (Å²) in [6.45, 7) is 1.14. The van der Waals surface area contributed by atoms with Crippen LogP contribution in [0.5, 0.6) is 5.75 Å². The first-order chi connectivity index (χ1) is 7.35. The smallest absolute Gasteiger partial charge is 0.497 e. The second-order valence-electron chi connectivity index (χ2n) is 3.19. The highest BCUT2D eigenvalue weighted by atomic mass is 16.6. The maximum Gasteiger partial charge on any atom is 0.497 e. The molecule has 1 aliphatic rings. The highest BCUT2D eigenvalue weighted by Gasteiger charge is 2.29. The van der Waals surface area contributed by atoms with E-state index in [1.54, 1.807) is 25.3 Å². The molecule has 0 saturated carbocycles. The van der Waals surface area contributed by atoms with Crippen molar-refractivity contribution in [1.29, 1.82) is 0 Å². The Kier molecular flexibility index (Phi) is 3.04. The number of benzene rings is 1. The predicted octanol–water partition coefficient (Wildman–Crippen LogP) is 0.250. The lowest BCUT2D eigenvalue weighted by Crippen LogP contribution is -2.33. The van der Waals surface area contributed by atoms with Crippen LogP contribution >= 0.6 is 0 Å². The molecule has 0 amide bonds. The van der Waals surface area contributed by atoms with E-state index >= 15 is 0 Å². The summed E-state index contributed by atoms with van der Waals surface area (Å²) in [7, 11) is 1.16. The van der Waals surface area contributed by atoms with Crippen molar-refractivity contribution in [3.05, 3.63) is 23.8 Å². The van der Waals surface area contributed by atoms with Gasteiger partial charge in [0, 0.05) is 11.0 Å². The maximum absolute atomic E-state index is 10.7. The summed E-state index contributed by atoms with van der Waals surface area (Å²) in [6.07, 6.45) is 0.790. The van der Waals surface area contributed by atoms with Crippen molar-refractivity contribution in [3.63, 3.8) is 0 Å². The molecule has 1 saturated heterocycles. The van der Waals surface area contributed by atoms with Crippen LogP contribution in [0.4, 0.5) is 0 Å². The van der Waals surface area contributed by atoms with Crippen molar-refractivity contribution in [2.75, 3.05) is 20.3 Å². The lowest BCUT2D eigenvalue weighted by atomic mass is 9.78. The zero-order valence-electron chi connectivity index (χ0n) is 8.43. The predicted molar refractivity (Wildman–Crippen MR) is 55.7 cm³/mol. The van der Waals surface area contributed by atoms with Crippen molar-refractivity contribution in [1.82, 2.24) is 0 Å². The summed E-state index contributed by atoms with van der Waals surface area (Å²) in [5.74, 6) is 0.674. The Hall–Kier alpha value is -1.33. The van der Waals surface area contributed by atoms with E-state index in [4.69, 9.17) is 14.0 Å². The summed E-state index contributed by atoms with van der Waals surface area (Å²) in [4.78, 5) is 10.7. The van der Waals surface area contributed by atoms with E-state index in [1.807, 2.05) is 0 Å². The standard InChI is InChI=1S/C10H11BO4/c1-13-10-3-2-8(7-12)6-9(10)11-14-4-5-15-11/h2-3,6-7H,4-5H2,1H3. The van der Waals surface area contributed by atoms with E-state index in [0.29, 0.717) is 24.5 Å². The minimum atomic E-state index is -0.417. The number of carbonyl (C=O) groups is 1. The molecule has 1 heterocycles. The molecule has 0 unspecified atom stereocenters. The van der Waals surface area contributed by atoms with Gasteiger partial charge in [-0.1, -0.05) is 0 Å². The van der Waals surface area contributed by atoms with Gasteiger partial charge in [0.2, 0.25) is 0 Å². The molecule has 0 spiro atoms. The van der Waals surface area contributed by atoms with Crippen molar-refractivity contribution in [2.45, 2.75) is 0 Å². The van der Waals surface area contributed by atoms with Gasteiger partial charge in [-0.15, -0.1) is 0 Å². The summed E-state index contributed by atoms with van der Waals surface area (Å²) in [6, 6.07) is 5.16. The molecular weight excluding hydrogens is 195 g/mol. The van der Waals surface area contributed by atoms with Crippen LogP contribution in [0, 0.1) is 0 Å². The molecule has 0 N–H and O–H groups in total. The fourth-order valence-corrected chi connectivity index (χ4v) is 1.55. The molecule has 1 fully saturated rings. The highest BCUT2D eigenvalue weighted by Crippen LogP contribution is 2.12. The second-order valence-corrected chi connectivity index (χ2v) is 3.19. The summed E-state index contributed by atoms with van der Waals surface area (Å²) in [5.41, 5.74) is 1.35. The summed E-state index contributed by atoms with van der Waals surface area (Å²) >= 11 is 0. The zero-order valence-corrected chi connectivity index (χ0v) is 8.43. The van der Waals surface area contributed by atoms with E-state index in [2.05, 4.69) is 0 Å². The Morgan fingerprint density at radius 2 is 2.13 bits per heavy atom. The monoisotopic (exact) mass is 206 g/mol. The average Bonchev–Trinajstić information content (AvgIpc) is 2.81. The molecule has 78 valence electrons. The Morgan fingerprint density at radius 3 is 2.73 bits per heavy atom. The van der Waals surface area contributed by atoms with Gasteiger partial charge in [-0.05, 0) is 18.2 Å². The van der Waals surface area contributed by atoms with Crippen LogP contribution in [0.15, 0.2) is 18.2 Å². The van der Waals surface area contributed by atoms with Gasteiger partial charge in [-0.25, -0.2) is 0 Å². The van der Waals surface area contributed by atoms with Crippen LogP contribution in [-0.4, -0.2) is 33.7 Å². The molecular formula is C10H11BO4. The fraction of sp³-hybridized carbons (Fsp3) is 0.300. The Labute approximate surface area is 88.3 Å². The first-order valence-corrected chi connectivity index (χ1v) is 4.71. The number of ether oxygens (including phenoxy) is 1. The number of carbonyl (C=O) groups excluding carboxylic acids is 1. The SMILES string of the molecule is COc1ccc(C=O)cc1B1OCCO1. The third-order valence-corrected chi connectivity index (χ3v) is 2.27. The topological polar surface area (TPSA) is 44.8 Å². The molecule has 15 heavy (non-hydrogen) atoms. The van der Waals surface area contributed by atoms with E-state index in [0.717, 1.165) is 11.7 Å². The van der Waals surface area contributed by atoms with Crippen molar-refractivity contribution in [3.8, 4) is 5.75 Å². The molecule has 5 heteroatoms. The van der Waals surface area contributed by atoms with Crippen molar-refractivity contribution < 1.29 is 18.8 Å². The third kappa shape index (κ3) is 2.03. The third-order valence-electron chi connectivity index (χ3n) is 2.27. The first-order valence-electron chi connectivity index (χ1n) is 4.71. The lowest BCUT2D eigenvalue weighted by molar-refractivity contribution is 0.112. The Bertz CT molecular complexity index is 360. The van der Waals surface area contributed by atoms with E-state index in [9.17, 15) is 4.79 Å². The first kappa shape index (κ1) is 10.2. The average molecular weight is 206 g/mol. The minimum absolute atomic E-state index is 0.417. The van der Waals surface area contributed by atoms with Crippen LogP contribution in [0.1, 0.15) is 10.4 Å². The largest absolute Gasteiger partial charge is 0.497 e. The maximum atomic E-state index is 10.7. The summed E-state index contributed by atoms with van der Waals surface area (Å²) < 4.78 is 15.9. The van der Waals surface area contributed by atoms with E-state index < -0.39 is 7.12 Å². The van der Waals surface area contributed by atoms with Crippen molar-refractivity contribution in [2.24, 2.45) is 0 Å². The van der Waals surface area contributed by atoms with Crippen LogP contribution in [0.3, 0.4) is 0 Å². The Balaban J connectivity index is 2.36. The molecule has 0 aliphatic carbocycles. The number of aldehydes is 1.